The second-order valence-electron chi connectivity index (χ2n) is 8.69. The largest absolute Gasteiger partial charge is 0.424 e. The molecule has 2 aromatic heterocycles. The van der Waals surface area contributed by atoms with Crippen molar-refractivity contribution in [1.29, 1.82) is 0 Å². The predicted molar refractivity (Wildman–Crippen MR) is 120 cm³/mol. The first-order valence-electron chi connectivity index (χ1n) is 10.9. The summed E-state index contributed by atoms with van der Waals surface area (Å²) in [5, 5.41) is 8.64. The summed E-state index contributed by atoms with van der Waals surface area (Å²) in [7, 11) is 0. The first-order valence-corrected chi connectivity index (χ1v) is 11.2. The van der Waals surface area contributed by atoms with Gasteiger partial charge in [0.1, 0.15) is 28.9 Å². The molecule has 10 heteroatoms. The molecule has 1 N–H and O–H groups in total. The van der Waals surface area contributed by atoms with Gasteiger partial charge in [-0.25, -0.2) is 19.0 Å². The van der Waals surface area contributed by atoms with E-state index in [1.165, 1.54) is 18.5 Å². The van der Waals surface area contributed by atoms with E-state index in [2.05, 4.69) is 30.3 Å². The zero-order chi connectivity index (χ0) is 22.2. The van der Waals surface area contributed by atoms with Gasteiger partial charge in [0, 0.05) is 31.3 Å². The molecule has 2 fully saturated rings. The van der Waals surface area contributed by atoms with Crippen LogP contribution < -0.4 is 15.0 Å². The average molecular weight is 458 g/mol. The Hall–Kier alpha value is -2.94. The fourth-order valence-electron chi connectivity index (χ4n) is 4.70. The van der Waals surface area contributed by atoms with Gasteiger partial charge in [-0.15, -0.1) is 5.10 Å². The van der Waals surface area contributed by atoms with E-state index in [0.717, 1.165) is 31.7 Å². The Morgan fingerprint density at radius 3 is 2.62 bits per heavy atom. The Morgan fingerprint density at radius 2 is 1.94 bits per heavy atom. The fourth-order valence-corrected chi connectivity index (χ4v) is 4.84. The zero-order valence-electron chi connectivity index (χ0n) is 17.9. The van der Waals surface area contributed by atoms with E-state index in [4.69, 9.17) is 16.3 Å². The predicted octanol–water partition coefficient (Wildman–Crippen LogP) is 4.56. The summed E-state index contributed by atoms with van der Waals surface area (Å²) in [6, 6.07) is 8.49. The van der Waals surface area contributed by atoms with Crippen molar-refractivity contribution in [3.05, 3.63) is 47.6 Å². The SMILES string of the molecule is CC(C)n1nc(N[C@H]2[C@@H]3CC[C@H]2CN(c2cc(Cl)ncn2)C3)nc1Oc1cccc(F)c1. The molecular weight excluding hydrogens is 433 g/mol. The lowest BCUT2D eigenvalue weighted by molar-refractivity contribution is 0.373. The van der Waals surface area contributed by atoms with E-state index < -0.39 is 0 Å². The van der Waals surface area contributed by atoms with Gasteiger partial charge in [-0.1, -0.05) is 17.7 Å². The molecule has 0 spiro atoms. The van der Waals surface area contributed by atoms with Crippen molar-refractivity contribution in [3.63, 3.8) is 0 Å². The molecule has 2 aliphatic rings. The Kier molecular flexibility index (Phi) is 5.58. The maximum absolute atomic E-state index is 13.6. The molecule has 3 aromatic rings. The van der Waals surface area contributed by atoms with Crippen LogP contribution in [0.15, 0.2) is 36.7 Å². The Morgan fingerprint density at radius 1 is 1.16 bits per heavy atom. The van der Waals surface area contributed by atoms with Crippen LogP contribution in [0, 0.1) is 17.7 Å². The van der Waals surface area contributed by atoms with Gasteiger partial charge >= 0.3 is 6.01 Å². The number of hydrogen-bond acceptors (Lipinski definition) is 7. The molecule has 0 unspecified atom stereocenters. The quantitative estimate of drug-likeness (QED) is 0.543. The second-order valence-corrected chi connectivity index (χ2v) is 9.07. The zero-order valence-corrected chi connectivity index (χ0v) is 18.7. The second kappa shape index (κ2) is 8.54. The van der Waals surface area contributed by atoms with Crippen molar-refractivity contribution in [2.24, 2.45) is 11.8 Å². The van der Waals surface area contributed by atoms with Crippen LogP contribution in [0.4, 0.5) is 16.2 Å². The number of fused-ring (bicyclic) bond motifs is 2. The highest BCUT2D eigenvalue weighted by atomic mass is 35.5. The van der Waals surface area contributed by atoms with E-state index >= 15 is 0 Å². The molecule has 2 bridgehead atoms. The average Bonchev–Trinajstić information content (AvgIpc) is 3.24. The maximum Gasteiger partial charge on any atom is 0.322 e. The van der Waals surface area contributed by atoms with Crippen molar-refractivity contribution in [2.75, 3.05) is 23.3 Å². The number of halogens is 2. The Balaban J connectivity index is 1.32. The van der Waals surface area contributed by atoms with Gasteiger partial charge in [0.15, 0.2) is 0 Å². The standard InChI is InChI=1S/C22H25ClFN7O/c1-13(2)31-22(32-17-5-3-4-16(24)8-17)28-21(29-31)27-20-14-6-7-15(20)11-30(10-14)19-9-18(23)25-12-26-19/h3-5,8-9,12-15,20H,6-7,10-11H2,1-2H3,(H,27,29)/t14-,15+,20+. The fraction of sp³-hybridized carbons (Fsp3) is 0.455. The lowest BCUT2D eigenvalue weighted by Gasteiger charge is -2.38. The molecule has 3 heterocycles. The van der Waals surface area contributed by atoms with Crippen LogP contribution in [0.2, 0.25) is 5.15 Å². The molecule has 0 amide bonds. The number of rotatable bonds is 6. The normalized spacial score (nSPS) is 22.4. The summed E-state index contributed by atoms with van der Waals surface area (Å²) in [5.41, 5.74) is 0. The van der Waals surface area contributed by atoms with Crippen LogP contribution in [-0.2, 0) is 0 Å². The number of ether oxygens (including phenoxy) is 1. The lowest BCUT2D eigenvalue weighted by Crippen LogP contribution is -2.48. The molecule has 1 aliphatic carbocycles. The van der Waals surface area contributed by atoms with Gasteiger partial charge in [-0.05, 0) is 50.7 Å². The Labute approximate surface area is 190 Å². The Bertz CT molecular complexity index is 1090. The van der Waals surface area contributed by atoms with Crippen LogP contribution in [0.25, 0.3) is 0 Å². The molecule has 32 heavy (non-hydrogen) atoms. The number of benzene rings is 1. The number of anilines is 2. The minimum absolute atomic E-state index is 0.0442. The van der Waals surface area contributed by atoms with Crippen LogP contribution >= 0.6 is 11.6 Å². The minimum Gasteiger partial charge on any atom is -0.424 e. The molecule has 1 aliphatic heterocycles. The van der Waals surface area contributed by atoms with E-state index in [1.807, 2.05) is 19.9 Å². The van der Waals surface area contributed by atoms with Crippen molar-refractivity contribution in [3.8, 4) is 11.8 Å². The van der Waals surface area contributed by atoms with E-state index in [-0.39, 0.29) is 17.9 Å². The smallest absolute Gasteiger partial charge is 0.322 e. The summed E-state index contributed by atoms with van der Waals surface area (Å²) in [6.07, 6.45) is 3.77. The minimum atomic E-state index is -0.357. The molecule has 0 radical (unpaired) electrons. The van der Waals surface area contributed by atoms with Gasteiger partial charge in [0.25, 0.3) is 0 Å². The third-order valence-corrected chi connectivity index (χ3v) is 6.37. The topological polar surface area (TPSA) is 81.0 Å². The van der Waals surface area contributed by atoms with Crippen molar-refractivity contribution >= 4 is 23.4 Å². The van der Waals surface area contributed by atoms with Crippen molar-refractivity contribution < 1.29 is 9.13 Å². The van der Waals surface area contributed by atoms with E-state index in [0.29, 0.717) is 34.7 Å². The third-order valence-electron chi connectivity index (χ3n) is 6.17. The van der Waals surface area contributed by atoms with E-state index in [9.17, 15) is 4.39 Å². The van der Waals surface area contributed by atoms with Gasteiger partial charge in [-0.2, -0.15) is 4.98 Å². The van der Waals surface area contributed by atoms with Crippen LogP contribution in [0.3, 0.4) is 0 Å². The summed E-state index contributed by atoms with van der Waals surface area (Å²) in [5.74, 6) is 2.33. The summed E-state index contributed by atoms with van der Waals surface area (Å²) in [6.45, 7) is 5.79. The number of nitrogens with one attached hydrogen (secondary N) is 1. The first-order chi connectivity index (χ1) is 15.5. The molecule has 168 valence electrons. The van der Waals surface area contributed by atoms with Gasteiger partial charge in [0.05, 0.1) is 6.04 Å². The summed E-state index contributed by atoms with van der Waals surface area (Å²) < 4.78 is 21.1. The number of aromatic nitrogens is 5. The monoisotopic (exact) mass is 457 g/mol. The molecule has 1 saturated carbocycles. The number of piperidine rings is 1. The highest BCUT2D eigenvalue weighted by molar-refractivity contribution is 6.29. The maximum atomic E-state index is 13.6. The van der Waals surface area contributed by atoms with E-state index in [1.54, 1.807) is 16.8 Å². The molecule has 3 atom stereocenters. The van der Waals surface area contributed by atoms with Gasteiger partial charge < -0.3 is 15.0 Å². The summed E-state index contributed by atoms with van der Waals surface area (Å²) in [4.78, 5) is 15.2. The summed E-state index contributed by atoms with van der Waals surface area (Å²) >= 11 is 6.06. The van der Waals surface area contributed by atoms with Gasteiger partial charge in [0.2, 0.25) is 5.95 Å². The van der Waals surface area contributed by atoms with Crippen LogP contribution in [0.1, 0.15) is 32.7 Å². The molecule has 8 nitrogen and oxygen atoms in total. The van der Waals surface area contributed by atoms with Crippen LogP contribution in [0.5, 0.6) is 11.8 Å². The lowest BCUT2D eigenvalue weighted by atomic mass is 9.92. The van der Waals surface area contributed by atoms with Crippen molar-refractivity contribution in [1.82, 2.24) is 24.7 Å². The van der Waals surface area contributed by atoms with Crippen molar-refractivity contribution in [2.45, 2.75) is 38.8 Å². The number of nitrogens with zero attached hydrogens (tertiary/aromatic N) is 6. The first kappa shape index (κ1) is 20.9. The number of hydrogen-bond donors (Lipinski definition) is 1. The molecular formula is C22H25ClFN7O. The molecule has 1 aromatic carbocycles. The molecule has 5 rings (SSSR count). The van der Waals surface area contributed by atoms with Crippen LogP contribution in [-0.4, -0.2) is 43.9 Å². The molecule has 1 saturated heterocycles. The highest BCUT2D eigenvalue weighted by Gasteiger charge is 2.43. The van der Waals surface area contributed by atoms with Gasteiger partial charge in [-0.3, -0.25) is 0 Å². The highest BCUT2D eigenvalue weighted by Crippen LogP contribution is 2.40. The third kappa shape index (κ3) is 4.21.